The minimum absolute atomic E-state index is 1.09. The topological polar surface area (TPSA) is 0 Å². The van der Waals surface area contributed by atoms with Crippen LogP contribution in [0.3, 0.4) is 0 Å². The Balaban J connectivity index is 1.85. The molecule has 0 spiro atoms. The van der Waals surface area contributed by atoms with E-state index in [1.54, 1.807) is 12.8 Å². The maximum Gasteiger partial charge on any atom is -0.0166 e. The molecule has 0 aliphatic heterocycles. The minimum Gasteiger partial charge on any atom is -0.0847 e. The second-order valence-corrected chi connectivity index (χ2v) is 5.06. The van der Waals surface area contributed by atoms with Crippen LogP contribution in [0.2, 0.25) is 0 Å². The first-order valence-electron chi connectivity index (χ1n) is 5.12. The molecule has 3 fully saturated rings. The van der Waals surface area contributed by atoms with E-state index in [2.05, 4.69) is 6.08 Å². The van der Waals surface area contributed by atoms with Crippen LogP contribution in [0.25, 0.3) is 0 Å². The van der Waals surface area contributed by atoms with Gasteiger partial charge in [-0.1, -0.05) is 11.6 Å². The molecule has 0 amide bonds. The highest BCUT2D eigenvalue weighted by atomic mass is 14.6. The van der Waals surface area contributed by atoms with Crippen molar-refractivity contribution in [3.63, 3.8) is 0 Å². The summed E-state index contributed by atoms with van der Waals surface area (Å²) >= 11 is 0. The molecule has 0 aromatic carbocycles. The van der Waals surface area contributed by atoms with E-state index < -0.39 is 0 Å². The Hall–Kier alpha value is -0.260. The molecule has 11 heavy (non-hydrogen) atoms. The van der Waals surface area contributed by atoms with Gasteiger partial charge in [0.15, 0.2) is 0 Å². The zero-order valence-corrected chi connectivity index (χ0v) is 6.79. The first kappa shape index (κ1) is 5.40. The van der Waals surface area contributed by atoms with Crippen LogP contribution in [0.4, 0.5) is 0 Å². The van der Waals surface area contributed by atoms with Crippen molar-refractivity contribution in [1.29, 1.82) is 0 Å². The first-order chi connectivity index (χ1) is 5.43. The lowest BCUT2D eigenvalue weighted by Gasteiger charge is -2.52. The number of hydrogen-bond donors (Lipinski definition) is 0. The fourth-order valence-electron chi connectivity index (χ4n) is 4.04. The maximum absolute atomic E-state index is 2.57. The molecule has 5 unspecified atom stereocenters. The highest BCUT2D eigenvalue weighted by Gasteiger charge is 2.59. The van der Waals surface area contributed by atoms with Gasteiger partial charge < -0.3 is 0 Å². The molecule has 5 aliphatic carbocycles. The third-order valence-electron chi connectivity index (χ3n) is 4.69. The Labute approximate surface area is 67.7 Å². The lowest BCUT2D eigenvalue weighted by Crippen LogP contribution is -2.44. The lowest BCUT2D eigenvalue weighted by atomic mass is 9.52. The Morgan fingerprint density at radius 1 is 1.18 bits per heavy atom. The van der Waals surface area contributed by atoms with Crippen LogP contribution in [0, 0.1) is 29.6 Å². The van der Waals surface area contributed by atoms with Gasteiger partial charge in [0.25, 0.3) is 0 Å². The van der Waals surface area contributed by atoms with Gasteiger partial charge in [0, 0.05) is 0 Å². The van der Waals surface area contributed by atoms with E-state index in [-0.39, 0.29) is 0 Å². The molecule has 0 heterocycles. The van der Waals surface area contributed by atoms with E-state index in [0.29, 0.717) is 0 Å². The third-order valence-corrected chi connectivity index (χ3v) is 4.69. The van der Waals surface area contributed by atoms with E-state index >= 15 is 0 Å². The molecule has 0 heteroatoms. The number of fused-ring (bicyclic) bond motifs is 2. The van der Waals surface area contributed by atoms with Gasteiger partial charge in [0.2, 0.25) is 0 Å². The predicted molar refractivity (Wildman–Crippen MR) is 44.0 cm³/mol. The molecule has 3 saturated carbocycles. The molecule has 5 aliphatic rings. The molecule has 58 valence electrons. The zero-order valence-electron chi connectivity index (χ0n) is 6.79. The molecule has 5 atom stereocenters. The number of allylic oxidation sites excluding steroid dienone is 2. The summed E-state index contributed by atoms with van der Waals surface area (Å²) in [6, 6.07) is 0. The van der Waals surface area contributed by atoms with Crippen molar-refractivity contribution < 1.29 is 0 Å². The second kappa shape index (κ2) is 1.44. The summed E-state index contributed by atoms with van der Waals surface area (Å²) in [6.07, 6.45) is 8.68. The summed E-state index contributed by atoms with van der Waals surface area (Å²) in [5.41, 5.74) is 1.87. The number of hydrogen-bond acceptors (Lipinski definition) is 0. The van der Waals surface area contributed by atoms with Crippen molar-refractivity contribution >= 4 is 0 Å². The van der Waals surface area contributed by atoms with Crippen molar-refractivity contribution in [1.82, 2.24) is 0 Å². The van der Waals surface area contributed by atoms with Crippen molar-refractivity contribution in [2.24, 2.45) is 29.6 Å². The summed E-state index contributed by atoms with van der Waals surface area (Å²) in [6.45, 7) is 0. The monoisotopic (exact) mass is 146 g/mol. The predicted octanol–water partition coefficient (Wildman–Crippen LogP) is 2.61. The minimum atomic E-state index is 1.09. The number of rotatable bonds is 0. The van der Waals surface area contributed by atoms with Crippen LogP contribution >= 0.6 is 0 Å². The van der Waals surface area contributed by atoms with Crippen molar-refractivity contribution in [2.75, 3.05) is 0 Å². The average molecular weight is 146 g/mol. The second-order valence-electron chi connectivity index (χ2n) is 5.06. The van der Waals surface area contributed by atoms with Gasteiger partial charge in [-0.15, -0.1) is 0 Å². The van der Waals surface area contributed by atoms with Crippen LogP contribution < -0.4 is 0 Å². The largest absolute Gasteiger partial charge is 0.0847 e. The molecule has 5 rings (SSSR count). The Morgan fingerprint density at radius 3 is 3.09 bits per heavy atom. The smallest absolute Gasteiger partial charge is 0.0166 e. The Morgan fingerprint density at radius 2 is 2.18 bits per heavy atom. The summed E-state index contributed by atoms with van der Waals surface area (Å²) in [5, 5.41) is 0. The highest BCUT2D eigenvalue weighted by molar-refractivity contribution is 5.28. The Bertz CT molecular complexity index is 251. The molecule has 4 bridgehead atoms. The van der Waals surface area contributed by atoms with Crippen molar-refractivity contribution in [3.05, 3.63) is 11.6 Å². The summed E-state index contributed by atoms with van der Waals surface area (Å²) in [7, 11) is 0. The molecule has 0 saturated heterocycles. The molecular weight excluding hydrogens is 132 g/mol. The van der Waals surface area contributed by atoms with Gasteiger partial charge in [-0.05, 0) is 55.3 Å². The zero-order chi connectivity index (χ0) is 7.00. The standard InChI is InChI=1S/C11H14/c1-2-7-4-9-6(1)3-8-5-10(8)11(7)9/h1,7-11H,2-5H2. The average Bonchev–Trinajstić information content (AvgIpc) is 2.67. The normalized spacial score (nSPS) is 62.5. The highest BCUT2D eigenvalue weighted by Crippen LogP contribution is 2.68. The van der Waals surface area contributed by atoms with Gasteiger partial charge in [-0.3, -0.25) is 0 Å². The van der Waals surface area contributed by atoms with Gasteiger partial charge in [0.05, 0.1) is 0 Å². The third kappa shape index (κ3) is 0.483. The maximum atomic E-state index is 2.57. The van der Waals surface area contributed by atoms with Crippen LogP contribution in [0.1, 0.15) is 25.7 Å². The van der Waals surface area contributed by atoms with E-state index in [1.807, 2.05) is 5.57 Å². The molecule has 0 aromatic heterocycles. The van der Waals surface area contributed by atoms with Crippen molar-refractivity contribution in [3.8, 4) is 0 Å². The summed E-state index contributed by atoms with van der Waals surface area (Å²) in [5.74, 6) is 5.78. The first-order valence-corrected chi connectivity index (χ1v) is 5.12. The van der Waals surface area contributed by atoms with Gasteiger partial charge >= 0.3 is 0 Å². The molecule has 0 radical (unpaired) electrons. The van der Waals surface area contributed by atoms with E-state index in [9.17, 15) is 0 Å². The quantitative estimate of drug-likeness (QED) is 0.461. The fourth-order valence-corrected chi connectivity index (χ4v) is 4.04. The molecular formula is C11H14. The van der Waals surface area contributed by atoms with Crippen molar-refractivity contribution in [2.45, 2.75) is 25.7 Å². The summed E-state index contributed by atoms with van der Waals surface area (Å²) < 4.78 is 0. The molecule has 0 aromatic rings. The summed E-state index contributed by atoms with van der Waals surface area (Å²) in [4.78, 5) is 0. The van der Waals surface area contributed by atoms with Gasteiger partial charge in [-0.25, -0.2) is 0 Å². The van der Waals surface area contributed by atoms with Crippen LogP contribution in [-0.2, 0) is 0 Å². The van der Waals surface area contributed by atoms with Gasteiger partial charge in [0.1, 0.15) is 0 Å². The van der Waals surface area contributed by atoms with Crippen LogP contribution in [0.5, 0.6) is 0 Å². The van der Waals surface area contributed by atoms with Gasteiger partial charge in [-0.2, -0.15) is 0 Å². The molecule has 0 N–H and O–H groups in total. The van der Waals surface area contributed by atoms with E-state index in [0.717, 1.165) is 17.8 Å². The lowest BCUT2D eigenvalue weighted by molar-refractivity contribution is 0.0420. The van der Waals surface area contributed by atoms with E-state index in [4.69, 9.17) is 0 Å². The van der Waals surface area contributed by atoms with Crippen LogP contribution in [-0.4, -0.2) is 0 Å². The SMILES string of the molecule is C1=C2CC3CC3C3C(C1)CC23. The Kier molecular flexibility index (Phi) is 0.706. The fraction of sp³-hybridized carbons (Fsp3) is 0.818. The van der Waals surface area contributed by atoms with Crippen LogP contribution in [0.15, 0.2) is 11.6 Å². The van der Waals surface area contributed by atoms with E-state index in [1.165, 1.54) is 24.7 Å². The molecule has 0 nitrogen and oxygen atoms in total.